The van der Waals surface area contributed by atoms with Crippen molar-refractivity contribution in [1.29, 1.82) is 0 Å². The molecule has 0 amide bonds. The van der Waals surface area contributed by atoms with Gasteiger partial charge in [-0.15, -0.1) is 11.3 Å². The van der Waals surface area contributed by atoms with Gasteiger partial charge in [0.15, 0.2) is 5.82 Å². The maximum atomic E-state index is 12.5. The van der Waals surface area contributed by atoms with Crippen LogP contribution in [0.1, 0.15) is 33.5 Å². The number of esters is 1. The van der Waals surface area contributed by atoms with Crippen LogP contribution in [0.3, 0.4) is 0 Å². The first-order valence-corrected chi connectivity index (χ1v) is 9.73. The number of aryl methyl sites for hydroxylation is 1. The lowest BCUT2D eigenvalue weighted by Gasteiger charge is -2.01. The van der Waals surface area contributed by atoms with Crippen LogP contribution in [0.2, 0.25) is 0 Å². The highest BCUT2D eigenvalue weighted by Crippen LogP contribution is 2.29. The van der Waals surface area contributed by atoms with Gasteiger partial charge < -0.3 is 9.72 Å². The lowest BCUT2D eigenvalue weighted by molar-refractivity contribution is 0.0531. The number of hydrogen-bond donors (Lipinski definition) is 1. The van der Waals surface area contributed by atoms with Gasteiger partial charge in [0.1, 0.15) is 9.71 Å². The van der Waals surface area contributed by atoms with Crippen LogP contribution in [0, 0.1) is 6.92 Å². The Kier molecular flexibility index (Phi) is 5.60. The first kappa shape index (κ1) is 18.8. The Bertz CT molecular complexity index is 1070. The molecule has 5 nitrogen and oxygen atoms in total. The van der Waals surface area contributed by atoms with Gasteiger partial charge in [0.2, 0.25) is 0 Å². The summed E-state index contributed by atoms with van der Waals surface area (Å²) in [7, 11) is 0. The van der Waals surface area contributed by atoms with Crippen molar-refractivity contribution in [3.8, 4) is 0 Å². The highest BCUT2D eigenvalue weighted by atomic mass is 79.9. The molecule has 0 fully saturated rings. The lowest BCUT2D eigenvalue weighted by atomic mass is 10.2. The first-order valence-electron chi connectivity index (χ1n) is 7.74. The standard InChI is InChI=1S/C18H14BrClN2O3S/c1-3-25-18(24)14-9(2)13-16(23)21-15(22-17(13)26-14)12(20)8-10-4-6-11(19)7-5-10/h4-8H,3H2,1-2H3,(H,21,22,23)/b12-8-. The third-order valence-corrected chi connectivity index (χ3v) is 5.63. The largest absolute Gasteiger partial charge is 0.462 e. The van der Waals surface area contributed by atoms with E-state index in [1.165, 1.54) is 0 Å². The van der Waals surface area contributed by atoms with Crippen molar-refractivity contribution in [2.45, 2.75) is 13.8 Å². The molecule has 0 atom stereocenters. The van der Waals surface area contributed by atoms with E-state index < -0.39 is 5.97 Å². The fourth-order valence-corrected chi connectivity index (χ4v) is 3.98. The number of H-pyrrole nitrogens is 1. The zero-order valence-corrected chi connectivity index (χ0v) is 17.1. The number of rotatable bonds is 4. The van der Waals surface area contributed by atoms with Gasteiger partial charge in [-0.2, -0.15) is 0 Å². The summed E-state index contributed by atoms with van der Waals surface area (Å²) in [5.41, 5.74) is 1.10. The number of fused-ring (bicyclic) bond motifs is 1. The third kappa shape index (κ3) is 3.75. The summed E-state index contributed by atoms with van der Waals surface area (Å²) < 4.78 is 5.99. The van der Waals surface area contributed by atoms with Crippen LogP contribution in [0.5, 0.6) is 0 Å². The zero-order valence-electron chi connectivity index (χ0n) is 13.9. The van der Waals surface area contributed by atoms with Crippen LogP contribution in [0.25, 0.3) is 21.3 Å². The highest BCUT2D eigenvalue weighted by Gasteiger charge is 2.20. The number of nitrogens with zero attached hydrogens (tertiary/aromatic N) is 1. The van der Waals surface area contributed by atoms with E-state index in [9.17, 15) is 9.59 Å². The van der Waals surface area contributed by atoms with E-state index in [0.717, 1.165) is 21.4 Å². The predicted molar refractivity (Wildman–Crippen MR) is 109 cm³/mol. The maximum Gasteiger partial charge on any atom is 0.348 e. The van der Waals surface area contributed by atoms with Crippen molar-refractivity contribution in [2.24, 2.45) is 0 Å². The smallest absolute Gasteiger partial charge is 0.348 e. The van der Waals surface area contributed by atoms with Gasteiger partial charge in [-0.25, -0.2) is 9.78 Å². The Morgan fingerprint density at radius 2 is 2.08 bits per heavy atom. The number of benzene rings is 1. The van der Waals surface area contributed by atoms with Gasteiger partial charge in [-0.05, 0) is 43.2 Å². The van der Waals surface area contributed by atoms with Gasteiger partial charge in [-0.1, -0.05) is 39.7 Å². The van der Waals surface area contributed by atoms with Crippen molar-refractivity contribution < 1.29 is 9.53 Å². The number of hydrogen-bond acceptors (Lipinski definition) is 5. The van der Waals surface area contributed by atoms with Crippen molar-refractivity contribution in [3.63, 3.8) is 0 Å². The molecule has 0 unspecified atom stereocenters. The van der Waals surface area contributed by atoms with Gasteiger partial charge in [0.25, 0.3) is 5.56 Å². The number of carbonyl (C=O) groups is 1. The van der Waals surface area contributed by atoms with Crippen LogP contribution in [-0.2, 0) is 4.74 Å². The zero-order chi connectivity index (χ0) is 18.8. The number of halogens is 2. The van der Waals surface area contributed by atoms with Gasteiger partial charge in [0.05, 0.1) is 17.0 Å². The van der Waals surface area contributed by atoms with Crippen molar-refractivity contribution >= 4 is 66.2 Å². The SMILES string of the molecule is CCOC(=O)c1sc2nc(/C(Cl)=C/c3ccc(Br)cc3)[nH]c(=O)c2c1C. The Labute approximate surface area is 166 Å². The van der Waals surface area contributed by atoms with Gasteiger partial charge >= 0.3 is 5.97 Å². The molecule has 1 N–H and O–H groups in total. The second kappa shape index (κ2) is 7.73. The van der Waals surface area contributed by atoms with E-state index in [4.69, 9.17) is 16.3 Å². The maximum absolute atomic E-state index is 12.5. The minimum absolute atomic E-state index is 0.253. The van der Waals surface area contributed by atoms with Crippen LogP contribution in [0.15, 0.2) is 33.5 Å². The monoisotopic (exact) mass is 452 g/mol. The second-order valence-corrected chi connectivity index (χ2v) is 7.74. The molecule has 2 heterocycles. The van der Waals surface area contributed by atoms with Crippen LogP contribution < -0.4 is 5.56 Å². The summed E-state index contributed by atoms with van der Waals surface area (Å²) in [6, 6.07) is 7.56. The molecule has 3 aromatic rings. The van der Waals surface area contributed by atoms with Crippen molar-refractivity contribution in [3.05, 3.63) is 60.9 Å². The minimum atomic E-state index is -0.453. The minimum Gasteiger partial charge on any atom is -0.462 e. The molecule has 8 heteroatoms. The van der Waals surface area contributed by atoms with Gasteiger partial charge in [0, 0.05) is 4.47 Å². The summed E-state index contributed by atoms with van der Waals surface area (Å²) in [4.78, 5) is 32.5. The fourth-order valence-electron chi connectivity index (χ4n) is 2.42. The van der Waals surface area contributed by atoms with Crippen LogP contribution in [0.4, 0.5) is 0 Å². The summed E-state index contributed by atoms with van der Waals surface area (Å²) in [5.74, 6) is -0.200. The van der Waals surface area contributed by atoms with Crippen molar-refractivity contribution in [1.82, 2.24) is 9.97 Å². The number of ether oxygens (including phenoxy) is 1. The number of carbonyl (C=O) groups excluding carboxylic acids is 1. The molecular formula is C18H14BrClN2O3S. The van der Waals surface area contributed by atoms with E-state index in [1.54, 1.807) is 19.9 Å². The molecule has 0 saturated heterocycles. The number of thiophene rings is 1. The molecule has 134 valence electrons. The Hall–Kier alpha value is -1.96. The Balaban J connectivity index is 2.07. The molecule has 0 aliphatic heterocycles. The fraction of sp³-hybridized carbons (Fsp3) is 0.167. The average Bonchev–Trinajstić information content (AvgIpc) is 2.94. The first-order chi connectivity index (χ1) is 12.4. The van der Waals surface area contributed by atoms with Crippen LogP contribution in [-0.4, -0.2) is 22.5 Å². The van der Waals surface area contributed by atoms with Crippen LogP contribution >= 0.6 is 38.9 Å². The number of aromatic amines is 1. The van der Waals surface area contributed by atoms with E-state index in [1.807, 2.05) is 24.3 Å². The van der Waals surface area contributed by atoms with E-state index >= 15 is 0 Å². The number of aromatic nitrogens is 2. The molecule has 0 aliphatic carbocycles. The summed E-state index contributed by atoms with van der Waals surface area (Å²) >= 11 is 10.8. The summed E-state index contributed by atoms with van der Waals surface area (Å²) in [5, 5.41) is 0.685. The Morgan fingerprint density at radius 3 is 2.73 bits per heavy atom. The average molecular weight is 454 g/mol. The molecular weight excluding hydrogens is 440 g/mol. The lowest BCUT2D eigenvalue weighted by Crippen LogP contribution is -2.10. The van der Waals surface area contributed by atoms with E-state index in [0.29, 0.717) is 25.7 Å². The molecule has 1 aromatic carbocycles. The molecule has 3 rings (SSSR count). The molecule has 0 bridgehead atoms. The molecule has 26 heavy (non-hydrogen) atoms. The molecule has 0 saturated carbocycles. The third-order valence-electron chi connectivity index (χ3n) is 3.65. The second-order valence-electron chi connectivity index (χ2n) is 5.42. The molecule has 0 aliphatic rings. The predicted octanol–water partition coefficient (Wildman–Crippen LogP) is 4.97. The molecule has 0 radical (unpaired) electrons. The molecule has 2 aromatic heterocycles. The highest BCUT2D eigenvalue weighted by molar-refractivity contribution is 9.10. The Morgan fingerprint density at radius 1 is 1.38 bits per heavy atom. The normalized spacial score (nSPS) is 11.8. The molecule has 0 spiro atoms. The summed E-state index contributed by atoms with van der Waals surface area (Å²) in [6.45, 7) is 3.71. The van der Waals surface area contributed by atoms with Gasteiger partial charge in [-0.3, -0.25) is 4.79 Å². The quantitative estimate of drug-likeness (QED) is 0.566. The topological polar surface area (TPSA) is 72.0 Å². The van der Waals surface area contributed by atoms with E-state index in [-0.39, 0.29) is 18.0 Å². The van der Waals surface area contributed by atoms with Crippen molar-refractivity contribution in [2.75, 3.05) is 6.61 Å². The van der Waals surface area contributed by atoms with E-state index in [2.05, 4.69) is 25.9 Å². The summed E-state index contributed by atoms with van der Waals surface area (Å²) in [6.07, 6.45) is 1.71. The number of nitrogens with one attached hydrogen (secondary N) is 1.